The second-order valence-corrected chi connectivity index (χ2v) is 5.70. The van der Waals surface area contributed by atoms with Gasteiger partial charge in [0.2, 0.25) is 5.75 Å². The van der Waals surface area contributed by atoms with E-state index >= 15 is 0 Å². The minimum Gasteiger partial charge on any atom is -0.493 e. The van der Waals surface area contributed by atoms with Crippen LogP contribution in [0.3, 0.4) is 0 Å². The van der Waals surface area contributed by atoms with E-state index in [1.54, 1.807) is 34.5 Å². The van der Waals surface area contributed by atoms with Crippen molar-refractivity contribution in [3.05, 3.63) is 53.4 Å². The molecular weight excluding hydrogens is 344 g/mol. The average molecular weight is 374 g/mol. The fourth-order valence-corrected chi connectivity index (χ4v) is 2.53. The Hall–Kier alpha value is -2.60. The van der Waals surface area contributed by atoms with Crippen LogP contribution in [0.1, 0.15) is 25.8 Å². The fourth-order valence-electron chi connectivity index (χ4n) is 2.53. The molecule has 1 aliphatic rings. The number of ether oxygens (including phenoxy) is 4. The Morgan fingerprint density at radius 2 is 1.63 bits per heavy atom. The highest BCUT2D eigenvalue weighted by atomic mass is 16.5. The summed E-state index contributed by atoms with van der Waals surface area (Å²) in [5.74, 6) is 1.92. The molecule has 0 unspecified atom stereocenters. The second-order valence-electron chi connectivity index (χ2n) is 5.70. The molecule has 0 atom stereocenters. The molecule has 0 spiro atoms. The van der Waals surface area contributed by atoms with Crippen LogP contribution in [0.2, 0.25) is 0 Å². The molecule has 6 nitrogen and oxygen atoms in total. The number of hydrogen-bond acceptors (Lipinski definition) is 6. The summed E-state index contributed by atoms with van der Waals surface area (Å²) < 4.78 is 20.6. The first-order chi connectivity index (χ1) is 13.1. The molecule has 0 N–H and O–H groups in total. The molecule has 6 heteroatoms. The van der Waals surface area contributed by atoms with Crippen LogP contribution in [-0.2, 0) is 11.2 Å². The van der Waals surface area contributed by atoms with Gasteiger partial charge >= 0.3 is 0 Å². The van der Waals surface area contributed by atoms with Crippen molar-refractivity contribution >= 4 is 0 Å². The molecule has 1 heterocycles. The normalized spacial score (nSPS) is 14.1. The Balaban J connectivity index is 0.000000646. The molecule has 0 saturated heterocycles. The van der Waals surface area contributed by atoms with Gasteiger partial charge in [0.25, 0.3) is 0 Å². The lowest BCUT2D eigenvalue weighted by molar-refractivity contribution is 0.234. The van der Waals surface area contributed by atoms with Gasteiger partial charge in [-0.15, -0.1) is 6.58 Å². The summed E-state index contributed by atoms with van der Waals surface area (Å²) in [6, 6.07) is 3.90. The Bertz CT molecular complexity index is 696. The number of nitrogens with zero attached hydrogens (tertiary/aromatic N) is 2. The quantitative estimate of drug-likeness (QED) is 0.593. The van der Waals surface area contributed by atoms with E-state index in [0.717, 1.165) is 35.4 Å². The van der Waals surface area contributed by atoms with Gasteiger partial charge in [0, 0.05) is 7.11 Å². The standard InChI is InChI=1S/C17H22N2O3.C4H8O/c1-6-13-11(2)14(19-18-13)8-7-12-9-15(20-3)17(22-5)16(10-12)21-4;1-3-4-5-2/h8-10H,6-7H2,1-5H3;3H,1,4H2,2H3/b14-8+;. The SMILES string of the molecule is C=CCOC.CCC1=C(C)/C(=C\Cc2cc(OC)c(OC)c(OC)c2)N=N1. The third-order valence-electron chi connectivity index (χ3n) is 3.97. The van der Waals surface area contributed by atoms with Crippen LogP contribution in [-0.4, -0.2) is 35.0 Å². The van der Waals surface area contributed by atoms with Crippen molar-refractivity contribution in [2.45, 2.75) is 26.7 Å². The average Bonchev–Trinajstić information content (AvgIpc) is 3.06. The molecule has 1 aromatic rings. The Kier molecular flexibility index (Phi) is 9.90. The highest BCUT2D eigenvalue weighted by Gasteiger charge is 2.14. The monoisotopic (exact) mass is 374 g/mol. The van der Waals surface area contributed by atoms with Crippen LogP contribution in [0, 0.1) is 0 Å². The molecule has 0 aromatic heterocycles. The van der Waals surface area contributed by atoms with E-state index in [-0.39, 0.29) is 0 Å². The lowest BCUT2D eigenvalue weighted by Gasteiger charge is -2.13. The van der Waals surface area contributed by atoms with E-state index < -0.39 is 0 Å². The summed E-state index contributed by atoms with van der Waals surface area (Å²) in [5, 5.41) is 8.42. The van der Waals surface area contributed by atoms with E-state index in [9.17, 15) is 0 Å². The van der Waals surface area contributed by atoms with Crippen LogP contribution in [0.25, 0.3) is 0 Å². The number of hydrogen-bond donors (Lipinski definition) is 0. The van der Waals surface area contributed by atoms with E-state index in [0.29, 0.717) is 23.9 Å². The Morgan fingerprint density at radius 3 is 2.00 bits per heavy atom. The molecule has 0 bridgehead atoms. The van der Waals surface area contributed by atoms with Crippen molar-refractivity contribution in [3.63, 3.8) is 0 Å². The molecule has 2 rings (SSSR count). The molecule has 27 heavy (non-hydrogen) atoms. The first-order valence-electron chi connectivity index (χ1n) is 8.76. The predicted molar refractivity (Wildman–Crippen MR) is 108 cm³/mol. The van der Waals surface area contributed by atoms with Crippen LogP contribution in [0.5, 0.6) is 17.2 Å². The molecular formula is C21H30N2O4. The summed E-state index contributed by atoms with van der Waals surface area (Å²) in [4.78, 5) is 0. The molecule has 148 valence electrons. The van der Waals surface area contributed by atoms with E-state index in [1.165, 1.54) is 0 Å². The molecule has 1 aliphatic heterocycles. The van der Waals surface area contributed by atoms with Gasteiger partial charge in [0.1, 0.15) is 0 Å². The molecule has 0 fully saturated rings. The maximum atomic E-state index is 5.37. The van der Waals surface area contributed by atoms with Gasteiger partial charge < -0.3 is 18.9 Å². The summed E-state index contributed by atoms with van der Waals surface area (Å²) in [5.41, 5.74) is 4.20. The molecule has 0 aliphatic carbocycles. The van der Waals surface area contributed by atoms with Crippen molar-refractivity contribution < 1.29 is 18.9 Å². The van der Waals surface area contributed by atoms with Crippen LogP contribution in [0.4, 0.5) is 0 Å². The number of rotatable bonds is 8. The van der Waals surface area contributed by atoms with Crippen molar-refractivity contribution in [2.24, 2.45) is 10.2 Å². The zero-order valence-corrected chi connectivity index (χ0v) is 17.2. The topological polar surface area (TPSA) is 61.6 Å². The maximum absolute atomic E-state index is 5.37. The fraction of sp³-hybridized carbons (Fsp3) is 0.429. The van der Waals surface area contributed by atoms with Gasteiger partial charge in [-0.25, -0.2) is 0 Å². The lowest BCUT2D eigenvalue weighted by Crippen LogP contribution is -1.97. The minimum atomic E-state index is 0.603. The maximum Gasteiger partial charge on any atom is 0.203 e. The van der Waals surface area contributed by atoms with Crippen LogP contribution < -0.4 is 14.2 Å². The first-order valence-corrected chi connectivity index (χ1v) is 8.76. The number of azo groups is 1. The molecule has 0 saturated carbocycles. The van der Waals surface area contributed by atoms with Crippen molar-refractivity contribution in [1.29, 1.82) is 0 Å². The minimum absolute atomic E-state index is 0.603. The first kappa shape index (κ1) is 22.4. The van der Waals surface area contributed by atoms with Crippen molar-refractivity contribution in [3.8, 4) is 17.2 Å². The second kappa shape index (κ2) is 11.9. The van der Waals surface area contributed by atoms with Crippen molar-refractivity contribution in [2.75, 3.05) is 35.0 Å². The summed E-state index contributed by atoms with van der Waals surface area (Å²) >= 11 is 0. The largest absolute Gasteiger partial charge is 0.493 e. The van der Waals surface area contributed by atoms with Crippen molar-refractivity contribution in [1.82, 2.24) is 0 Å². The van der Waals surface area contributed by atoms with Gasteiger partial charge in [-0.1, -0.05) is 19.1 Å². The number of allylic oxidation sites excluding steroid dienone is 3. The zero-order chi connectivity index (χ0) is 20.2. The molecule has 0 amide bonds. The van der Waals surface area contributed by atoms with E-state index in [4.69, 9.17) is 14.2 Å². The van der Waals surface area contributed by atoms with E-state index in [1.807, 2.05) is 12.1 Å². The van der Waals surface area contributed by atoms with Gasteiger partial charge in [-0.05, 0) is 43.0 Å². The Morgan fingerprint density at radius 1 is 1.00 bits per heavy atom. The summed E-state index contributed by atoms with van der Waals surface area (Å²) in [7, 11) is 6.47. The number of methoxy groups -OCH3 is 4. The predicted octanol–water partition coefficient (Wildman–Crippen LogP) is 5.11. The van der Waals surface area contributed by atoms with Gasteiger partial charge in [0.15, 0.2) is 11.5 Å². The molecule has 1 aromatic carbocycles. The summed E-state index contributed by atoms with van der Waals surface area (Å²) in [6.45, 7) is 8.22. The van der Waals surface area contributed by atoms with E-state index in [2.05, 4.69) is 41.5 Å². The van der Waals surface area contributed by atoms with Gasteiger partial charge in [-0.2, -0.15) is 10.2 Å². The number of benzene rings is 1. The zero-order valence-electron chi connectivity index (χ0n) is 17.2. The summed E-state index contributed by atoms with van der Waals surface area (Å²) in [6.07, 6.45) is 5.40. The van der Waals surface area contributed by atoms with Crippen LogP contribution in [0.15, 0.2) is 58.1 Å². The third kappa shape index (κ3) is 6.25. The lowest BCUT2D eigenvalue weighted by atomic mass is 10.1. The molecule has 0 radical (unpaired) electrons. The third-order valence-corrected chi connectivity index (χ3v) is 3.97. The Labute approximate surface area is 162 Å². The van der Waals surface area contributed by atoms with Gasteiger partial charge in [-0.3, -0.25) is 0 Å². The van der Waals surface area contributed by atoms with Gasteiger partial charge in [0.05, 0.1) is 39.3 Å². The highest BCUT2D eigenvalue weighted by molar-refractivity contribution is 5.54. The van der Waals surface area contributed by atoms with Crippen LogP contribution >= 0.6 is 0 Å². The smallest absolute Gasteiger partial charge is 0.203 e. The highest BCUT2D eigenvalue weighted by Crippen LogP contribution is 2.38.